The van der Waals surface area contributed by atoms with Crippen molar-refractivity contribution in [2.75, 3.05) is 0 Å². The molecule has 0 N–H and O–H groups in total. The smallest absolute Gasteiger partial charge is 0.189 e. The van der Waals surface area contributed by atoms with Crippen LogP contribution in [0.5, 0.6) is 0 Å². The lowest BCUT2D eigenvalue weighted by atomic mass is 9.93. The van der Waals surface area contributed by atoms with E-state index in [4.69, 9.17) is 4.42 Å². The minimum absolute atomic E-state index is 0.256. The quantitative estimate of drug-likeness (QED) is 0.789. The number of pyridine rings is 1. The fourth-order valence-corrected chi connectivity index (χ4v) is 2.11. The van der Waals surface area contributed by atoms with Gasteiger partial charge in [-0.2, -0.15) is 5.26 Å². The molecular formula is C15H14N2O2. The highest BCUT2D eigenvalue weighted by molar-refractivity contribution is 6.04. The average Bonchev–Trinajstić information content (AvgIpc) is 2.65. The number of carbonyl (C=O) groups excluding carboxylic acids is 1. The summed E-state index contributed by atoms with van der Waals surface area (Å²) in [4.78, 5) is 16.6. The Bertz CT molecular complexity index is 651. The van der Waals surface area contributed by atoms with Gasteiger partial charge in [-0.05, 0) is 32.9 Å². The normalized spacial score (nSPS) is 11.9. The Morgan fingerprint density at radius 1 is 1.32 bits per heavy atom. The van der Waals surface area contributed by atoms with Crippen molar-refractivity contribution in [1.29, 1.82) is 5.26 Å². The maximum Gasteiger partial charge on any atom is 0.189 e. The Morgan fingerprint density at radius 2 is 2.05 bits per heavy atom. The Labute approximate surface area is 111 Å². The van der Waals surface area contributed by atoms with Crippen molar-refractivity contribution >= 4 is 5.78 Å². The van der Waals surface area contributed by atoms with Crippen molar-refractivity contribution in [3.63, 3.8) is 0 Å². The fourth-order valence-electron chi connectivity index (χ4n) is 2.11. The largest absolute Gasteiger partial charge is 0.466 e. The molecule has 0 radical (unpaired) electrons. The standard InChI is InChI=1S/C15H14N2O2/c1-9-10(2)19-11(3)14(9)15(18)12(8-16)13-6-4-5-7-17-13/h4-7,12H,1-3H3. The fraction of sp³-hybridized carbons (Fsp3) is 0.267. The van der Waals surface area contributed by atoms with Gasteiger partial charge in [0.25, 0.3) is 0 Å². The van der Waals surface area contributed by atoms with Gasteiger partial charge in [-0.25, -0.2) is 0 Å². The average molecular weight is 254 g/mol. The Balaban J connectivity index is 2.46. The molecule has 2 aromatic heterocycles. The molecule has 0 fully saturated rings. The van der Waals surface area contributed by atoms with Crippen LogP contribution < -0.4 is 0 Å². The van der Waals surface area contributed by atoms with Gasteiger partial charge in [-0.15, -0.1) is 0 Å². The molecule has 0 saturated heterocycles. The number of aryl methyl sites for hydroxylation is 2. The van der Waals surface area contributed by atoms with E-state index in [1.54, 1.807) is 38.2 Å². The number of furan rings is 1. The molecule has 0 aliphatic rings. The summed E-state index contributed by atoms with van der Waals surface area (Å²) in [5.41, 5.74) is 1.75. The molecule has 4 heteroatoms. The third kappa shape index (κ3) is 2.27. The topological polar surface area (TPSA) is 66.9 Å². The van der Waals surface area contributed by atoms with Crippen LogP contribution in [-0.4, -0.2) is 10.8 Å². The molecule has 4 nitrogen and oxygen atoms in total. The lowest BCUT2D eigenvalue weighted by molar-refractivity contribution is 0.0975. The van der Waals surface area contributed by atoms with Gasteiger partial charge in [0, 0.05) is 11.8 Å². The van der Waals surface area contributed by atoms with E-state index in [1.165, 1.54) is 0 Å². The summed E-state index contributed by atoms with van der Waals surface area (Å²) in [6.45, 7) is 5.37. The zero-order valence-corrected chi connectivity index (χ0v) is 11.1. The second kappa shape index (κ2) is 5.07. The first-order valence-electron chi connectivity index (χ1n) is 5.97. The number of ketones is 1. The van der Waals surface area contributed by atoms with Gasteiger partial charge in [0.05, 0.1) is 17.3 Å². The van der Waals surface area contributed by atoms with E-state index < -0.39 is 5.92 Å². The number of hydrogen-bond donors (Lipinski definition) is 0. The Kier molecular flexibility index (Phi) is 3.48. The molecule has 1 atom stereocenters. The Hall–Kier alpha value is -2.41. The third-order valence-electron chi connectivity index (χ3n) is 3.18. The van der Waals surface area contributed by atoms with E-state index in [0.29, 0.717) is 22.8 Å². The summed E-state index contributed by atoms with van der Waals surface area (Å²) >= 11 is 0. The number of nitriles is 1. The minimum atomic E-state index is -0.893. The molecule has 0 aliphatic carbocycles. The SMILES string of the molecule is Cc1oc(C)c(C(=O)C(C#N)c2ccccn2)c1C. The first-order chi connectivity index (χ1) is 9.06. The molecule has 0 saturated carbocycles. The summed E-state index contributed by atoms with van der Waals surface area (Å²) in [5, 5.41) is 9.26. The van der Waals surface area contributed by atoms with E-state index in [1.807, 2.05) is 13.0 Å². The molecule has 2 heterocycles. The van der Waals surface area contributed by atoms with E-state index in [9.17, 15) is 10.1 Å². The second-order valence-electron chi connectivity index (χ2n) is 4.40. The first kappa shape index (κ1) is 13.0. The van der Waals surface area contributed by atoms with E-state index in [2.05, 4.69) is 4.98 Å². The van der Waals surface area contributed by atoms with Crippen molar-refractivity contribution in [1.82, 2.24) is 4.98 Å². The van der Waals surface area contributed by atoms with Crippen LogP contribution in [0, 0.1) is 32.1 Å². The number of carbonyl (C=O) groups is 1. The van der Waals surface area contributed by atoms with Crippen molar-refractivity contribution < 1.29 is 9.21 Å². The third-order valence-corrected chi connectivity index (χ3v) is 3.18. The molecule has 0 aromatic carbocycles. The molecule has 0 spiro atoms. The molecule has 0 bridgehead atoms. The van der Waals surface area contributed by atoms with E-state index >= 15 is 0 Å². The minimum Gasteiger partial charge on any atom is -0.466 e. The lowest BCUT2D eigenvalue weighted by Gasteiger charge is -2.07. The highest BCUT2D eigenvalue weighted by atomic mass is 16.3. The summed E-state index contributed by atoms with van der Waals surface area (Å²) in [6.07, 6.45) is 1.58. The van der Waals surface area contributed by atoms with Gasteiger partial charge in [-0.1, -0.05) is 6.07 Å². The zero-order valence-electron chi connectivity index (χ0n) is 11.1. The second-order valence-corrected chi connectivity index (χ2v) is 4.40. The number of hydrogen-bond acceptors (Lipinski definition) is 4. The van der Waals surface area contributed by atoms with Crippen molar-refractivity contribution in [2.24, 2.45) is 0 Å². The molecular weight excluding hydrogens is 240 g/mol. The number of Topliss-reactive ketones (excluding diaryl/α,β-unsaturated/α-hetero) is 1. The summed E-state index contributed by atoms with van der Waals surface area (Å²) < 4.78 is 5.45. The summed E-state index contributed by atoms with van der Waals surface area (Å²) in [5.74, 6) is 0.110. The molecule has 96 valence electrons. The van der Waals surface area contributed by atoms with Crippen LogP contribution >= 0.6 is 0 Å². The van der Waals surface area contributed by atoms with Crippen LogP contribution in [0.25, 0.3) is 0 Å². The summed E-state index contributed by atoms with van der Waals surface area (Å²) in [7, 11) is 0. The van der Waals surface area contributed by atoms with Crippen LogP contribution in [0.2, 0.25) is 0 Å². The number of rotatable bonds is 3. The molecule has 0 aliphatic heterocycles. The van der Waals surface area contributed by atoms with Crippen LogP contribution in [0.4, 0.5) is 0 Å². The molecule has 2 rings (SSSR count). The number of aromatic nitrogens is 1. The van der Waals surface area contributed by atoms with Gasteiger partial charge in [0.1, 0.15) is 11.5 Å². The van der Waals surface area contributed by atoms with Gasteiger partial charge >= 0.3 is 0 Å². The van der Waals surface area contributed by atoms with Crippen LogP contribution in [0.15, 0.2) is 28.8 Å². The molecule has 19 heavy (non-hydrogen) atoms. The zero-order chi connectivity index (χ0) is 14.0. The molecule has 0 amide bonds. The van der Waals surface area contributed by atoms with Gasteiger partial charge < -0.3 is 4.42 Å². The summed E-state index contributed by atoms with van der Waals surface area (Å²) in [6, 6.07) is 7.23. The highest BCUT2D eigenvalue weighted by Gasteiger charge is 2.28. The maximum absolute atomic E-state index is 12.5. The highest BCUT2D eigenvalue weighted by Crippen LogP contribution is 2.26. The Morgan fingerprint density at radius 3 is 2.53 bits per heavy atom. The van der Waals surface area contributed by atoms with Crippen molar-refractivity contribution in [2.45, 2.75) is 26.7 Å². The predicted octanol–water partition coefficient (Wildman–Crippen LogP) is 3.09. The van der Waals surface area contributed by atoms with Gasteiger partial charge in [0.15, 0.2) is 11.7 Å². The van der Waals surface area contributed by atoms with Gasteiger partial charge in [0.2, 0.25) is 0 Å². The van der Waals surface area contributed by atoms with Crippen LogP contribution in [-0.2, 0) is 0 Å². The van der Waals surface area contributed by atoms with Crippen LogP contribution in [0.1, 0.15) is 39.1 Å². The van der Waals surface area contributed by atoms with Crippen molar-refractivity contribution in [3.8, 4) is 6.07 Å². The van der Waals surface area contributed by atoms with Gasteiger partial charge in [-0.3, -0.25) is 9.78 Å². The maximum atomic E-state index is 12.5. The lowest BCUT2D eigenvalue weighted by Crippen LogP contribution is -2.14. The first-order valence-corrected chi connectivity index (χ1v) is 5.97. The number of nitrogens with zero attached hydrogens (tertiary/aromatic N) is 2. The van der Waals surface area contributed by atoms with E-state index in [0.717, 1.165) is 5.56 Å². The van der Waals surface area contributed by atoms with E-state index in [-0.39, 0.29) is 5.78 Å². The molecule has 1 unspecified atom stereocenters. The van der Waals surface area contributed by atoms with Crippen LogP contribution in [0.3, 0.4) is 0 Å². The molecule has 2 aromatic rings. The monoisotopic (exact) mass is 254 g/mol. The predicted molar refractivity (Wildman–Crippen MR) is 69.8 cm³/mol. The van der Waals surface area contributed by atoms with Crippen molar-refractivity contribution in [3.05, 3.63) is 52.7 Å².